The van der Waals surface area contributed by atoms with Gasteiger partial charge in [-0.2, -0.15) is 0 Å². The third-order valence-electron chi connectivity index (χ3n) is 4.35. The molecule has 4 rings (SSSR count). The van der Waals surface area contributed by atoms with Crippen molar-refractivity contribution in [2.75, 3.05) is 12.8 Å². The van der Waals surface area contributed by atoms with Crippen molar-refractivity contribution in [2.24, 2.45) is 0 Å². The van der Waals surface area contributed by atoms with Crippen molar-refractivity contribution in [3.05, 3.63) is 78.9 Å². The molecule has 0 spiro atoms. The number of benzene rings is 3. The SMILES string of the molecule is COc1ccc2c(N)nc(-c3ccccc3)c(-c3ccccc3)c2c1. The summed E-state index contributed by atoms with van der Waals surface area (Å²) in [5, 5.41) is 1.97. The van der Waals surface area contributed by atoms with E-state index in [1.807, 2.05) is 54.6 Å². The Morgan fingerprint density at radius 2 is 1.40 bits per heavy atom. The highest BCUT2D eigenvalue weighted by Crippen LogP contribution is 2.39. The van der Waals surface area contributed by atoms with Crippen LogP contribution >= 0.6 is 0 Å². The summed E-state index contributed by atoms with van der Waals surface area (Å²) in [4.78, 5) is 4.74. The van der Waals surface area contributed by atoms with Crippen LogP contribution < -0.4 is 10.5 Å². The minimum Gasteiger partial charge on any atom is -0.497 e. The molecule has 0 saturated heterocycles. The van der Waals surface area contributed by atoms with Crippen molar-refractivity contribution in [2.45, 2.75) is 0 Å². The fraction of sp³-hybridized carbons (Fsp3) is 0.0455. The van der Waals surface area contributed by atoms with E-state index in [0.717, 1.165) is 38.9 Å². The molecule has 3 nitrogen and oxygen atoms in total. The van der Waals surface area contributed by atoms with Crippen LogP contribution in [0.5, 0.6) is 5.75 Å². The first-order valence-corrected chi connectivity index (χ1v) is 8.16. The number of fused-ring (bicyclic) bond motifs is 1. The molecule has 4 aromatic rings. The van der Waals surface area contributed by atoms with Gasteiger partial charge in [-0.25, -0.2) is 4.98 Å². The number of nitrogens with two attached hydrogens (primary N) is 1. The normalized spacial score (nSPS) is 10.8. The number of ether oxygens (including phenoxy) is 1. The molecule has 0 amide bonds. The predicted molar refractivity (Wildman–Crippen MR) is 104 cm³/mol. The molecule has 0 bridgehead atoms. The fourth-order valence-electron chi connectivity index (χ4n) is 3.15. The summed E-state index contributed by atoms with van der Waals surface area (Å²) in [5.74, 6) is 1.32. The Balaban J connectivity index is 2.14. The number of nitrogen functional groups attached to an aromatic ring is 1. The van der Waals surface area contributed by atoms with Gasteiger partial charge >= 0.3 is 0 Å². The zero-order valence-electron chi connectivity index (χ0n) is 13.9. The van der Waals surface area contributed by atoms with Gasteiger partial charge in [-0.05, 0) is 29.1 Å². The van der Waals surface area contributed by atoms with Gasteiger partial charge in [0.05, 0.1) is 12.8 Å². The summed E-state index contributed by atoms with van der Waals surface area (Å²) in [6.07, 6.45) is 0. The lowest BCUT2D eigenvalue weighted by atomic mass is 9.93. The molecular formula is C22H18N2O. The van der Waals surface area contributed by atoms with E-state index in [0.29, 0.717) is 5.82 Å². The highest BCUT2D eigenvalue weighted by atomic mass is 16.5. The summed E-state index contributed by atoms with van der Waals surface area (Å²) in [6, 6.07) is 26.3. The van der Waals surface area contributed by atoms with Crippen molar-refractivity contribution >= 4 is 16.6 Å². The van der Waals surface area contributed by atoms with Gasteiger partial charge in [0.15, 0.2) is 0 Å². The van der Waals surface area contributed by atoms with E-state index in [2.05, 4.69) is 24.3 Å². The van der Waals surface area contributed by atoms with Crippen LogP contribution in [0.4, 0.5) is 5.82 Å². The zero-order valence-corrected chi connectivity index (χ0v) is 13.9. The van der Waals surface area contributed by atoms with E-state index < -0.39 is 0 Å². The maximum atomic E-state index is 6.28. The molecule has 25 heavy (non-hydrogen) atoms. The summed E-state index contributed by atoms with van der Waals surface area (Å²) < 4.78 is 5.44. The number of hydrogen-bond donors (Lipinski definition) is 1. The first-order chi connectivity index (χ1) is 12.3. The number of methoxy groups -OCH3 is 1. The van der Waals surface area contributed by atoms with E-state index in [9.17, 15) is 0 Å². The van der Waals surface area contributed by atoms with Crippen LogP contribution in [-0.4, -0.2) is 12.1 Å². The second-order valence-electron chi connectivity index (χ2n) is 5.86. The summed E-state index contributed by atoms with van der Waals surface area (Å²) >= 11 is 0. The smallest absolute Gasteiger partial charge is 0.132 e. The Kier molecular flexibility index (Phi) is 3.82. The molecule has 0 saturated carbocycles. The molecular weight excluding hydrogens is 308 g/mol. The molecule has 0 aliphatic carbocycles. The topological polar surface area (TPSA) is 48.1 Å². The molecule has 0 unspecified atom stereocenters. The number of pyridine rings is 1. The number of aromatic nitrogens is 1. The van der Waals surface area contributed by atoms with Gasteiger partial charge < -0.3 is 10.5 Å². The van der Waals surface area contributed by atoms with Gasteiger partial charge in [0.2, 0.25) is 0 Å². The highest BCUT2D eigenvalue weighted by Gasteiger charge is 2.16. The molecule has 122 valence electrons. The minimum absolute atomic E-state index is 0.524. The van der Waals surface area contributed by atoms with Crippen LogP contribution in [0.25, 0.3) is 33.2 Å². The molecule has 0 aliphatic heterocycles. The average molecular weight is 326 g/mol. The Hall–Kier alpha value is -3.33. The predicted octanol–water partition coefficient (Wildman–Crippen LogP) is 5.16. The van der Waals surface area contributed by atoms with Crippen LogP contribution in [0.3, 0.4) is 0 Å². The molecule has 0 radical (unpaired) electrons. The molecule has 3 aromatic carbocycles. The van der Waals surface area contributed by atoms with E-state index in [1.165, 1.54) is 0 Å². The maximum Gasteiger partial charge on any atom is 0.132 e. The molecule has 1 aromatic heterocycles. The maximum absolute atomic E-state index is 6.28. The van der Waals surface area contributed by atoms with Crippen molar-refractivity contribution < 1.29 is 4.74 Å². The Labute approximate surface area is 146 Å². The summed E-state index contributed by atoms with van der Waals surface area (Å²) in [6.45, 7) is 0. The lowest BCUT2D eigenvalue weighted by Crippen LogP contribution is -1.98. The van der Waals surface area contributed by atoms with Crippen molar-refractivity contribution in [1.82, 2.24) is 4.98 Å². The van der Waals surface area contributed by atoms with Crippen molar-refractivity contribution in [1.29, 1.82) is 0 Å². The Morgan fingerprint density at radius 3 is 2.04 bits per heavy atom. The first kappa shape index (κ1) is 15.2. The van der Waals surface area contributed by atoms with Crippen LogP contribution in [0.15, 0.2) is 78.9 Å². The largest absolute Gasteiger partial charge is 0.497 e. The third-order valence-corrected chi connectivity index (χ3v) is 4.35. The zero-order chi connectivity index (χ0) is 17.2. The Morgan fingerprint density at radius 1 is 0.760 bits per heavy atom. The van der Waals surface area contributed by atoms with E-state index in [4.69, 9.17) is 15.5 Å². The molecule has 2 N–H and O–H groups in total. The standard InChI is InChI=1S/C22H18N2O/c1-25-17-12-13-18-19(14-17)20(15-8-4-2-5-9-15)21(24-22(18)23)16-10-6-3-7-11-16/h2-14H,1H3,(H2,23,24). The summed E-state index contributed by atoms with van der Waals surface area (Å²) in [5.41, 5.74) is 10.4. The fourth-order valence-corrected chi connectivity index (χ4v) is 3.15. The number of hydrogen-bond acceptors (Lipinski definition) is 3. The van der Waals surface area contributed by atoms with E-state index >= 15 is 0 Å². The van der Waals surface area contributed by atoms with Gasteiger partial charge in [-0.1, -0.05) is 60.7 Å². The van der Waals surface area contributed by atoms with Crippen LogP contribution in [-0.2, 0) is 0 Å². The molecule has 0 aliphatic rings. The Bertz CT molecular complexity index is 1030. The quantitative estimate of drug-likeness (QED) is 0.566. The molecule has 0 atom stereocenters. The third kappa shape index (κ3) is 2.70. The second kappa shape index (κ2) is 6.29. The second-order valence-corrected chi connectivity index (χ2v) is 5.86. The van der Waals surface area contributed by atoms with Gasteiger partial charge in [0.25, 0.3) is 0 Å². The van der Waals surface area contributed by atoms with Crippen molar-refractivity contribution in [3.63, 3.8) is 0 Å². The summed E-state index contributed by atoms with van der Waals surface area (Å²) in [7, 11) is 1.67. The number of anilines is 1. The highest BCUT2D eigenvalue weighted by molar-refractivity contribution is 6.07. The monoisotopic (exact) mass is 326 g/mol. The minimum atomic E-state index is 0.524. The molecule has 1 heterocycles. The lowest BCUT2D eigenvalue weighted by Gasteiger charge is -2.15. The number of nitrogens with zero attached hydrogens (tertiary/aromatic N) is 1. The average Bonchev–Trinajstić information content (AvgIpc) is 2.68. The molecule has 0 fully saturated rings. The van der Waals surface area contributed by atoms with Crippen LogP contribution in [0.2, 0.25) is 0 Å². The van der Waals surface area contributed by atoms with Gasteiger partial charge in [0, 0.05) is 16.5 Å². The van der Waals surface area contributed by atoms with Crippen LogP contribution in [0.1, 0.15) is 0 Å². The van der Waals surface area contributed by atoms with E-state index in [-0.39, 0.29) is 0 Å². The molecule has 3 heteroatoms. The van der Waals surface area contributed by atoms with Gasteiger partial charge in [0.1, 0.15) is 11.6 Å². The first-order valence-electron chi connectivity index (χ1n) is 8.16. The number of rotatable bonds is 3. The van der Waals surface area contributed by atoms with Crippen molar-refractivity contribution in [3.8, 4) is 28.1 Å². The van der Waals surface area contributed by atoms with Gasteiger partial charge in [-0.15, -0.1) is 0 Å². The lowest BCUT2D eigenvalue weighted by molar-refractivity contribution is 0.415. The van der Waals surface area contributed by atoms with Gasteiger partial charge in [-0.3, -0.25) is 0 Å². The van der Waals surface area contributed by atoms with Crippen LogP contribution in [0, 0.1) is 0 Å². The van der Waals surface area contributed by atoms with E-state index in [1.54, 1.807) is 7.11 Å².